The lowest BCUT2D eigenvalue weighted by Crippen LogP contribution is -2.35. The molecule has 1 unspecified atom stereocenters. The van der Waals surface area contributed by atoms with Crippen molar-refractivity contribution in [2.24, 2.45) is 0 Å². The molecule has 1 aromatic rings. The number of benzene rings is 1. The molecule has 0 aliphatic carbocycles. The molecule has 0 aromatic heterocycles. The van der Waals surface area contributed by atoms with E-state index in [1.54, 1.807) is 0 Å². The van der Waals surface area contributed by atoms with Crippen LogP contribution in [-0.4, -0.2) is 13.1 Å². The molecule has 0 saturated carbocycles. The number of fused-ring (bicyclic) bond motifs is 1. The van der Waals surface area contributed by atoms with Gasteiger partial charge in [0, 0.05) is 23.2 Å². The van der Waals surface area contributed by atoms with Crippen LogP contribution in [0.5, 0.6) is 0 Å². The minimum Gasteiger partial charge on any atom is -0.371 e. The van der Waals surface area contributed by atoms with Crippen molar-refractivity contribution >= 4 is 21.6 Å². The molecule has 0 saturated heterocycles. The lowest BCUT2D eigenvalue weighted by Gasteiger charge is -2.36. The van der Waals surface area contributed by atoms with Crippen LogP contribution < -0.4 is 4.90 Å². The normalized spacial score (nSPS) is 20.8. The minimum absolute atomic E-state index is 0.719. The van der Waals surface area contributed by atoms with Crippen molar-refractivity contribution in [3.05, 3.63) is 28.2 Å². The Labute approximate surface area is 94.2 Å². The summed E-state index contributed by atoms with van der Waals surface area (Å²) in [7, 11) is 2.21. The molecule has 0 bridgehead atoms. The Morgan fingerprint density at radius 2 is 2.29 bits per heavy atom. The molecule has 1 nitrogen and oxygen atoms in total. The summed E-state index contributed by atoms with van der Waals surface area (Å²) in [4.78, 5) is 2.42. The van der Waals surface area contributed by atoms with E-state index in [2.05, 4.69) is 53.0 Å². The summed E-state index contributed by atoms with van der Waals surface area (Å²) in [5.41, 5.74) is 2.87. The van der Waals surface area contributed by atoms with E-state index in [0.717, 1.165) is 6.04 Å². The maximum absolute atomic E-state index is 3.62. The SMILES string of the molecule is CCC1CCc2c(Br)cccc2N1C. The third kappa shape index (κ3) is 1.56. The molecular formula is C12H16BrN. The van der Waals surface area contributed by atoms with Gasteiger partial charge in [-0.05, 0) is 37.0 Å². The number of nitrogens with zero attached hydrogens (tertiary/aromatic N) is 1. The standard InChI is InChI=1S/C12H16BrN/c1-3-9-7-8-10-11(13)5-4-6-12(10)14(9)2/h4-6,9H,3,7-8H2,1-2H3. The van der Waals surface area contributed by atoms with Crippen LogP contribution in [0.2, 0.25) is 0 Å². The average Bonchev–Trinajstić information content (AvgIpc) is 2.20. The topological polar surface area (TPSA) is 3.24 Å². The smallest absolute Gasteiger partial charge is 0.0410 e. The van der Waals surface area contributed by atoms with Crippen molar-refractivity contribution in [2.45, 2.75) is 32.2 Å². The largest absolute Gasteiger partial charge is 0.371 e. The molecule has 1 aliphatic heterocycles. The van der Waals surface area contributed by atoms with E-state index in [4.69, 9.17) is 0 Å². The van der Waals surface area contributed by atoms with Gasteiger partial charge in [-0.15, -0.1) is 0 Å². The van der Waals surface area contributed by atoms with Gasteiger partial charge in [0.1, 0.15) is 0 Å². The molecule has 1 aromatic carbocycles. The Kier molecular flexibility index (Phi) is 2.82. The summed E-state index contributed by atoms with van der Waals surface area (Å²) < 4.78 is 1.26. The lowest BCUT2D eigenvalue weighted by molar-refractivity contribution is 0.541. The van der Waals surface area contributed by atoms with Gasteiger partial charge in [0.25, 0.3) is 0 Å². The fourth-order valence-corrected chi connectivity index (χ4v) is 2.86. The average molecular weight is 254 g/mol. The fourth-order valence-electron chi connectivity index (χ4n) is 2.30. The zero-order chi connectivity index (χ0) is 10.1. The van der Waals surface area contributed by atoms with Gasteiger partial charge in [-0.3, -0.25) is 0 Å². The van der Waals surface area contributed by atoms with E-state index in [-0.39, 0.29) is 0 Å². The first kappa shape index (κ1) is 10.0. The minimum atomic E-state index is 0.719. The molecule has 76 valence electrons. The second kappa shape index (κ2) is 3.93. The Balaban J connectivity index is 2.41. The highest BCUT2D eigenvalue weighted by Crippen LogP contribution is 2.34. The van der Waals surface area contributed by atoms with Crippen LogP contribution in [0.4, 0.5) is 5.69 Å². The second-order valence-electron chi connectivity index (χ2n) is 3.95. The van der Waals surface area contributed by atoms with Crippen LogP contribution in [0, 0.1) is 0 Å². The molecule has 1 aliphatic rings. The molecule has 1 atom stereocenters. The van der Waals surface area contributed by atoms with Crippen molar-refractivity contribution in [2.75, 3.05) is 11.9 Å². The van der Waals surface area contributed by atoms with Crippen molar-refractivity contribution in [3.8, 4) is 0 Å². The van der Waals surface area contributed by atoms with Gasteiger partial charge >= 0.3 is 0 Å². The fraction of sp³-hybridized carbons (Fsp3) is 0.500. The van der Waals surface area contributed by atoms with Crippen LogP contribution in [-0.2, 0) is 6.42 Å². The first-order valence-electron chi connectivity index (χ1n) is 5.24. The van der Waals surface area contributed by atoms with Gasteiger partial charge in [0.2, 0.25) is 0 Å². The van der Waals surface area contributed by atoms with E-state index >= 15 is 0 Å². The maximum atomic E-state index is 3.62. The van der Waals surface area contributed by atoms with Crippen LogP contribution in [0.1, 0.15) is 25.3 Å². The second-order valence-corrected chi connectivity index (χ2v) is 4.80. The number of hydrogen-bond acceptors (Lipinski definition) is 1. The Bertz CT molecular complexity index is 335. The first-order valence-corrected chi connectivity index (χ1v) is 6.03. The zero-order valence-electron chi connectivity index (χ0n) is 8.76. The molecular weight excluding hydrogens is 238 g/mol. The number of hydrogen-bond donors (Lipinski definition) is 0. The van der Waals surface area contributed by atoms with E-state index in [0.29, 0.717) is 0 Å². The molecule has 14 heavy (non-hydrogen) atoms. The Hall–Kier alpha value is -0.500. The van der Waals surface area contributed by atoms with Gasteiger partial charge in [-0.25, -0.2) is 0 Å². The number of rotatable bonds is 1. The summed E-state index contributed by atoms with van der Waals surface area (Å²) in [5.74, 6) is 0. The molecule has 1 heterocycles. The number of anilines is 1. The molecule has 2 rings (SSSR count). The van der Waals surface area contributed by atoms with E-state index in [1.807, 2.05) is 0 Å². The third-order valence-electron chi connectivity index (χ3n) is 3.22. The summed E-state index contributed by atoms with van der Waals surface area (Å²) in [6, 6.07) is 7.20. The maximum Gasteiger partial charge on any atom is 0.0410 e. The van der Waals surface area contributed by atoms with E-state index in [9.17, 15) is 0 Å². The monoisotopic (exact) mass is 253 g/mol. The molecule has 2 heteroatoms. The predicted molar refractivity (Wildman–Crippen MR) is 64.9 cm³/mol. The van der Waals surface area contributed by atoms with Gasteiger partial charge < -0.3 is 4.90 Å². The number of halogens is 1. The first-order chi connectivity index (χ1) is 6.74. The van der Waals surface area contributed by atoms with E-state index in [1.165, 1.54) is 35.0 Å². The highest BCUT2D eigenvalue weighted by atomic mass is 79.9. The van der Waals surface area contributed by atoms with Gasteiger partial charge in [-0.1, -0.05) is 28.9 Å². The molecule has 0 spiro atoms. The highest BCUT2D eigenvalue weighted by Gasteiger charge is 2.22. The Morgan fingerprint density at radius 1 is 1.50 bits per heavy atom. The Morgan fingerprint density at radius 3 is 3.00 bits per heavy atom. The van der Waals surface area contributed by atoms with Gasteiger partial charge in [-0.2, -0.15) is 0 Å². The van der Waals surface area contributed by atoms with Crippen LogP contribution in [0.15, 0.2) is 22.7 Å². The summed E-state index contributed by atoms with van der Waals surface area (Å²) >= 11 is 3.62. The molecule has 0 radical (unpaired) electrons. The van der Waals surface area contributed by atoms with Crippen molar-refractivity contribution in [3.63, 3.8) is 0 Å². The molecule has 0 fully saturated rings. The molecule has 0 N–H and O–H groups in total. The zero-order valence-corrected chi connectivity index (χ0v) is 10.3. The predicted octanol–water partition coefficient (Wildman–Crippen LogP) is 3.61. The lowest BCUT2D eigenvalue weighted by atomic mass is 9.95. The van der Waals surface area contributed by atoms with Crippen LogP contribution in [0.25, 0.3) is 0 Å². The highest BCUT2D eigenvalue weighted by molar-refractivity contribution is 9.10. The summed E-state index contributed by atoms with van der Waals surface area (Å²) in [6.45, 7) is 2.27. The third-order valence-corrected chi connectivity index (χ3v) is 3.96. The van der Waals surface area contributed by atoms with Crippen molar-refractivity contribution < 1.29 is 0 Å². The summed E-state index contributed by atoms with van der Waals surface area (Å²) in [5, 5.41) is 0. The molecule has 0 amide bonds. The van der Waals surface area contributed by atoms with Crippen LogP contribution >= 0.6 is 15.9 Å². The van der Waals surface area contributed by atoms with Gasteiger partial charge in [0.05, 0.1) is 0 Å². The quantitative estimate of drug-likeness (QED) is 0.740. The van der Waals surface area contributed by atoms with Gasteiger partial charge in [0.15, 0.2) is 0 Å². The summed E-state index contributed by atoms with van der Waals surface area (Å²) in [6.07, 6.45) is 3.73. The van der Waals surface area contributed by atoms with Crippen molar-refractivity contribution in [1.29, 1.82) is 0 Å². The van der Waals surface area contributed by atoms with Crippen molar-refractivity contribution in [1.82, 2.24) is 0 Å². The van der Waals surface area contributed by atoms with Crippen LogP contribution in [0.3, 0.4) is 0 Å². The van der Waals surface area contributed by atoms with E-state index < -0.39 is 0 Å².